The lowest BCUT2D eigenvalue weighted by atomic mass is 9.99. The predicted molar refractivity (Wildman–Crippen MR) is 95.9 cm³/mol. The highest BCUT2D eigenvalue weighted by Crippen LogP contribution is 2.26. The van der Waals surface area contributed by atoms with Crippen molar-refractivity contribution >= 4 is 28.8 Å². The topological polar surface area (TPSA) is 33.2 Å². The van der Waals surface area contributed by atoms with Crippen LogP contribution in [0.15, 0.2) is 29.6 Å². The number of amides is 1. The van der Waals surface area contributed by atoms with Crippen LogP contribution in [-0.2, 0) is 11.2 Å². The van der Waals surface area contributed by atoms with E-state index in [0.29, 0.717) is 12.5 Å². The molecule has 2 aromatic rings. The zero-order chi connectivity index (χ0) is 16.2. The van der Waals surface area contributed by atoms with E-state index in [4.69, 9.17) is 11.6 Å². The lowest BCUT2D eigenvalue weighted by Crippen LogP contribution is -2.44. The normalized spacial score (nSPS) is 18.2. The van der Waals surface area contributed by atoms with Crippen molar-refractivity contribution in [2.45, 2.75) is 45.1 Å². The third-order valence-electron chi connectivity index (χ3n) is 4.39. The molecule has 1 aromatic heterocycles. The number of likely N-dealkylation sites (tertiary alicyclic amines) is 1. The number of benzene rings is 1. The van der Waals surface area contributed by atoms with Gasteiger partial charge in [-0.3, -0.25) is 4.79 Å². The Morgan fingerprint density at radius 2 is 2.13 bits per heavy atom. The van der Waals surface area contributed by atoms with Crippen LogP contribution >= 0.6 is 22.9 Å². The van der Waals surface area contributed by atoms with Gasteiger partial charge < -0.3 is 4.90 Å². The van der Waals surface area contributed by atoms with Crippen molar-refractivity contribution in [2.24, 2.45) is 0 Å². The number of hydrogen-bond acceptors (Lipinski definition) is 3. The summed E-state index contributed by atoms with van der Waals surface area (Å²) in [7, 11) is 0. The molecule has 122 valence electrons. The van der Waals surface area contributed by atoms with Crippen molar-refractivity contribution in [3.8, 4) is 10.6 Å². The van der Waals surface area contributed by atoms with E-state index in [2.05, 4.69) is 16.8 Å². The van der Waals surface area contributed by atoms with Gasteiger partial charge in [0.1, 0.15) is 5.01 Å². The molecule has 0 bridgehead atoms. The molecule has 0 N–H and O–H groups in total. The van der Waals surface area contributed by atoms with Gasteiger partial charge in [-0.15, -0.1) is 11.3 Å². The summed E-state index contributed by atoms with van der Waals surface area (Å²) in [5.41, 5.74) is 1.91. The highest BCUT2D eigenvalue weighted by Gasteiger charge is 2.25. The van der Waals surface area contributed by atoms with Gasteiger partial charge in [0.2, 0.25) is 5.91 Å². The molecular formula is C18H21ClN2OS. The Bertz CT molecular complexity index is 668. The van der Waals surface area contributed by atoms with Crippen molar-refractivity contribution in [1.29, 1.82) is 0 Å². The molecule has 2 heterocycles. The molecule has 3 nitrogen and oxygen atoms in total. The number of hydrogen-bond donors (Lipinski definition) is 0. The smallest absolute Gasteiger partial charge is 0.228 e. The summed E-state index contributed by atoms with van der Waals surface area (Å²) >= 11 is 7.50. The molecule has 23 heavy (non-hydrogen) atoms. The van der Waals surface area contributed by atoms with Crippen LogP contribution in [0.4, 0.5) is 0 Å². The number of aromatic nitrogens is 1. The minimum absolute atomic E-state index is 0.213. The Morgan fingerprint density at radius 3 is 2.87 bits per heavy atom. The van der Waals surface area contributed by atoms with Gasteiger partial charge in [-0.05, 0) is 37.8 Å². The highest BCUT2D eigenvalue weighted by molar-refractivity contribution is 7.13. The second kappa shape index (κ2) is 7.45. The number of thiazole rings is 1. The van der Waals surface area contributed by atoms with Crippen molar-refractivity contribution < 1.29 is 4.79 Å². The molecule has 0 spiro atoms. The van der Waals surface area contributed by atoms with E-state index < -0.39 is 0 Å². The molecule has 1 aliphatic heterocycles. The quantitative estimate of drug-likeness (QED) is 0.795. The third kappa shape index (κ3) is 3.93. The second-order valence-electron chi connectivity index (χ2n) is 5.97. The molecule has 1 fully saturated rings. The molecule has 0 aliphatic carbocycles. The monoisotopic (exact) mass is 348 g/mol. The highest BCUT2D eigenvalue weighted by atomic mass is 35.5. The summed E-state index contributed by atoms with van der Waals surface area (Å²) in [6.07, 6.45) is 4.93. The summed E-state index contributed by atoms with van der Waals surface area (Å²) < 4.78 is 0. The zero-order valence-electron chi connectivity index (χ0n) is 13.3. The van der Waals surface area contributed by atoms with Gasteiger partial charge in [0.25, 0.3) is 0 Å². The maximum absolute atomic E-state index is 12.6. The Kier molecular flexibility index (Phi) is 5.34. The standard InChI is InChI=1S/C18H21ClN2OS/c1-2-16-5-3-4-10-21(16)17(22)11-15-12-23-18(20-15)13-6-8-14(19)9-7-13/h6-9,12,16H,2-5,10-11H2,1H3. The largest absolute Gasteiger partial charge is 0.339 e. The van der Waals surface area contributed by atoms with Crippen molar-refractivity contribution in [3.05, 3.63) is 40.4 Å². The number of carbonyl (C=O) groups excluding carboxylic acids is 1. The van der Waals surface area contributed by atoms with E-state index in [9.17, 15) is 4.79 Å². The second-order valence-corrected chi connectivity index (χ2v) is 7.27. The van der Waals surface area contributed by atoms with Gasteiger partial charge in [-0.2, -0.15) is 0 Å². The van der Waals surface area contributed by atoms with Gasteiger partial charge in [0.05, 0.1) is 12.1 Å². The van der Waals surface area contributed by atoms with E-state index in [1.54, 1.807) is 11.3 Å². The molecule has 5 heteroatoms. The summed E-state index contributed by atoms with van der Waals surface area (Å²) in [4.78, 5) is 19.3. The van der Waals surface area contributed by atoms with E-state index in [0.717, 1.165) is 47.1 Å². The van der Waals surface area contributed by atoms with Crippen LogP contribution in [-0.4, -0.2) is 28.4 Å². The lowest BCUT2D eigenvalue weighted by Gasteiger charge is -2.35. The zero-order valence-corrected chi connectivity index (χ0v) is 14.9. The number of piperidine rings is 1. The molecule has 1 saturated heterocycles. The fraction of sp³-hybridized carbons (Fsp3) is 0.444. The fourth-order valence-corrected chi connectivity index (χ4v) is 4.07. The first-order valence-corrected chi connectivity index (χ1v) is 9.43. The maximum Gasteiger partial charge on any atom is 0.228 e. The van der Waals surface area contributed by atoms with Crippen molar-refractivity contribution in [2.75, 3.05) is 6.54 Å². The average molecular weight is 349 g/mol. The SMILES string of the molecule is CCC1CCCCN1C(=O)Cc1csc(-c2ccc(Cl)cc2)n1. The van der Waals surface area contributed by atoms with E-state index in [-0.39, 0.29) is 5.91 Å². The predicted octanol–water partition coefficient (Wildman–Crippen LogP) is 4.80. The summed E-state index contributed by atoms with van der Waals surface area (Å²) in [5, 5.41) is 3.65. The minimum Gasteiger partial charge on any atom is -0.339 e. The van der Waals surface area contributed by atoms with Crippen molar-refractivity contribution in [1.82, 2.24) is 9.88 Å². The molecular weight excluding hydrogens is 328 g/mol. The van der Waals surface area contributed by atoms with Gasteiger partial charge in [-0.25, -0.2) is 4.98 Å². The molecule has 3 rings (SSSR count). The molecule has 1 amide bonds. The maximum atomic E-state index is 12.6. The first-order chi connectivity index (χ1) is 11.2. The molecule has 0 radical (unpaired) electrons. The van der Waals surface area contributed by atoms with Crippen molar-refractivity contribution in [3.63, 3.8) is 0 Å². The van der Waals surface area contributed by atoms with Crippen LogP contribution in [0.2, 0.25) is 5.02 Å². The molecule has 0 saturated carbocycles. The Hall–Kier alpha value is -1.39. The van der Waals surface area contributed by atoms with Crippen LogP contribution in [0.25, 0.3) is 10.6 Å². The summed E-state index contributed by atoms with van der Waals surface area (Å²) in [6.45, 7) is 3.06. The van der Waals surface area contributed by atoms with Gasteiger partial charge in [-0.1, -0.05) is 30.7 Å². The average Bonchev–Trinajstić information content (AvgIpc) is 3.04. The number of rotatable bonds is 4. The lowest BCUT2D eigenvalue weighted by molar-refractivity contribution is -0.134. The Balaban J connectivity index is 1.68. The Labute approximate surface area is 146 Å². The number of nitrogens with zero attached hydrogens (tertiary/aromatic N) is 2. The van der Waals surface area contributed by atoms with Gasteiger partial charge in [0, 0.05) is 28.6 Å². The molecule has 1 aliphatic rings. The fourth-order valence-electron chi connectivity index (χ4n) is 3.12. The first-order valence-electron chi connectivity index (χ1n) is 8.17. The Morgan fingerprint density at radius 1 is 1.35 bits per heavy atom. The van der Waals surface area contributed by atoms with Crippen LogP contribution in [0.5, 0.6) is 0 Å². The first kappa shape index (κ1) is 16.5. The van der Waals surface area contributed by atoms with Gasteiger partial charge >= 0.3 is 0 Å². The minimum atomic E-state index is 0.213. The molecule has 1 atom stereocenters. The van der Waals surface area contributed by atoms with E-state index in [1.165, 1.54) is 6.42 Å². The molecule has 1 unspecified atom stereocenters. The molecule has 1 aromatic carbocycles. The summed E-state index contributed by atoms with van der Waals surface area (Å²) in [5.74, 6) is 0.213. The van der Waals surface area contributed by atoms with Crippen LogP contribution in [0, 0.1) is 0 Å². The van der Waals surface area contributed by atoms with Crippen LogP contribution in [0.3, 0.4) is 0 Å². The van der Waals surface area contributed by atoms with Crippen LogP contribution < -0.4 is 0 Å². The van der Waals surface area contributed by atoms with Gasteiger partial charge in [0.15, 0.2) is 0 Å². The number of carbonyl (C=O) groups is 1. The summed E-state index contributed by atoms with van der Waals surface area (Å²) in [6, 6.07) is 8.06. The number of halogens is 1. The van der Waals surface area contributed by atoms with E-state index in [1.807, 2.05) is 29.6 Å². The van der Waals surface area contributed by atoms with E-state index >= 15 is 0 Å². The third-order valence-corrected chi connectivity index (χ3v) is 5.59. The van der Waals surface area contributed by atoms with Crippen LogP contribution in [0.1, 0.15) is 38.3 Å².